The van der Waals surface area contributed by atoms with Crippen LogP contribution in [0.5, 0.6) is 11.5 Å². The highest BCUT2D eigenvalue weighted by atomic mass is 19.1. The van der Waals surface area contributed by atoms with Crippen molar-refractivity contribution in [2.45, 2.75) is 19.3 Å². The topological polar surface area (TPSA) is 49.7 Å². The van der Waals surface area contributed by atoms with E-state index in [1.54, 1.807) is 0 Å². The van der Waals surface area contributed by atoms with E-state index in [1.807, 2.05) is 0 Å². The van der Waals surface area contributed by atoms with Crippen LogP contribution in [0.1, 0.15) is 19.4 Å². The van der Waals surface area contributed by atoms with Crippen molar-refractivity contribution in [1.29, 1.82) is 0 Å². The molecule has 1 aromatic carbocycles. The molecule has 2 N–H and O–H groups in total. The first kappa shape index (κ1) is 12.7. The van der Waals surface area contributed by atoms with Crippen LogP contribution in [0.25, 0.3) is 0 Å². The third-order valence-electron chi connectivity index (χ3n) is 2.44. The Hall–Kier alpha value is -1.36. The molecule has 0 unspecified atom stereocenters. The highest BCUT2D eigenvalue weighted by molar-refractivity contribution is 5.50. The van der Waals surface area contributed by atoms with Crippen LogP contribution in [0, 0.1) is 11.6 Å². The van der Waals surface area contributed by atoms with Gasteiger partial charge in [0.1, 0.15) is 5.82 Å². The number of aliphatic hydroxyl groups is 1. The van der Waals surface area contributed by atoms with E-state index in [-0.39, 0.29) is 12.2 Å². The molecule has 90 valence electrons. The summed E-state index contributed by atoms with van der Waals surface area (Å²) in [6, 6.07) is 0.630. The molecule has 1 rings (SSSR count). The number of phenolic OH excluding ortho intramolecular Hbond substituents is 1. The Labute approximate surface area is 92.3 Å². The molecule has 0 saturated heterocycles. The monoisotopic (exact) mass is 232 g/mol. The van der Waals surface area contributed by atoms with E-state index >= 15 is 0 Å². The second kappa shape index (κ2) is 4.25. The number of halogens is 2. The van der Waals surface area contributed by atoms with Crippen molar-refractivity contribution in [3.63, 3.8) is 0 Å². The maximum absolute atomic E-state index is 13.5. The number of aromatic hydroxyl groups is 1. The first-order chi connectivity index (χ1) is 7.35. The lowest BCUT2D eigenvalue weighted by Gasteiger charge is -2.24. The Bertz CT molecular complexity index is 403. The van der Waals surface area contributed by atoms with E-state index in [2.05, 4.69) is 4.74 Å². The zero-order valence-corrected chi connectivity index (χ0v) is 9.34. The number of hydrogen-bond acceptors (Lipinski definition) is 3. The number of ether oxygens (including phenoxy) is 1. The van der Waals surface area contributed by atoms with Crippen LogP contribution in [0.2, 0.25) is 0 Å². The fraction of sp³-hybridized carbons (Fsp3) is 0.455. The lowest BCUT2D eigenvalue weighted by atomic mass is 9.84. The van der Waals surface area contributed by atoms with Crippen molar-refractivity contribution in [2.75, 3.05) is 13.7 Å². The molecule has 3 nitrogen and oxygen atoms in total. The standard InChI is InChI=1S/C11H14F2O3/c1-11(2,5-14)8-6(12)4-7(13)10(16-3)9(8)15/h4,14-15H,5H2,1-3H3. The van der Waals surface area contributed by atoms with Crippen LogP contribution in [-0.4, -0.2) is 23.9 Å². The van der Waals surface area contributed by atoms with Gasteiger partial charge in [0.25, 0.3) is 0 Å². The van der Waals surface area contributed by atoms with Gasteiger partial charge in [-0.15, -0.1) is 0 Å². The van der Waals surface area contributed by atoms with Crippen LogP contribution in [0.3, 0.4) is 0 Å². The van der Waals surface area contributed by atoms with Crippen LogP contribution < -0.4 is 4.74 Å². The van der Waals surface area contributed by atoms with Gasteiger partial charge in [0.2, 0.25) is 0 Å². The van der Waals surface area contributed by atoms with E-state index < -0.39 is 28.5 Å². The maximum atomic E-state index is 13.5. The SMILES string of the molecule is COc1c(F)cc(F)c(C(C)(C)CO)c1O. The highest BCUT2D eigenvalue weighted by Gasteiger charge is 2.30. The van der Waals surface area contributed by atoms with Crippen LogP contribution in [-0.2, 0) is 5.41 Å². The fourth-order valence-electron chi connectivity index (χ4n) is 1.51. The third kappa shape index (κ3) is 1.95. The number of phenols is 1. The van der Waals surface area contributed by atoms with E-state index in [0.29, 0.717) is 6.07 Å². The average Bonchev–Trinajstić information content (AvgIpc) is 2.17. The molecule has 0 saturated carbocycles. The first-order valence-corrected chi connectivity index (χ1v) is 4.71. The molecule has 0 bridgehead atoms. The molecule has 0 aromatic heterocycles. The normalized spacial score (nSPS) is 11.6. The Kier molecular flexibility index (Phi) is 3.38. The van der Waals surface area contributed by atoms with Crippen molar-refractivity contribution in [3.05, 3.63) is 23.3 Å². The van der Waals surface area contributed by atoms with E-state index in [9.17, 15) is 13.9 Å². The quantitative estimate of drug-likeness (QED) is 0.837. The summed E-state index contributed by atoms with van der Waals surface area (Å²) in [4.78, 5) is 0. The van der Waals surface area contributed by atoms with Gasteiger partial charge >= 0.3 is 0 Å². The summed E-state index contributed by atoms with van der Waals surface area (Å²) in [6.45, 7) is 2.68. The van der Waals surface area contributed by atoms with Crippen LogP contribution >= 0.6 is 0 Å². The number of benzene rings is 1. The second-order valence-corrected chi connectivity index (χ2v) is 4.14. The number of aliphatic hydroxyl groups excluding tert-OH is 1. The van der Waals surface area contributed by atoms with Gasteiger partial charge in [-0.05, 0) is 0 Å². The summed E-state index contributed by atoms with van der Waals surface area (Å²) in [7, 11) is 1.17. The largest absolute Gasteiger partial charge is 0.504 e. The molecule has 0 aliphatic heterocycles. The second-order valence-electron chi connectivity index (χ2n) is 4.14. The Balaban J connectivity index is 3.51. The molecule has 5 heteroatoms. The molecule has 0 atom stereocenters. The van der Waals surface area contributed by atoms with Crippen molar-refractivity contribution in [3.8, 4) is 11.5 Å². The molecular weight excluding hydrogens is 218 g/mol. The Morgan fingerprint density at radius 1 is 1.31 bits per heavy atom. The molecule has 1 aromatic rings. The van der Waals surface area contributed by atoms with Gasteiger partial charge in [-0.3, -0.25) is 0 Å². The Morgan fingerprint density at radius 3 is 2.31 bits per heavy atom. The molecule has 0 radical (unpaired) electrons. The highest BCUT2D eigenvalue weighted by Crippen LogP contribution is 2.40. The van der Waals surface area contributed by atoms with Gasteiger partial charge in [0.15, 0.2) is 17.3 Å². The molecule has 0 aliphatic carbocycles. The predicted octanol–water partition coefficient (Wildman–Crippen LogP) is 1.95. The molecule has 0 heterocycles. The summed E-state index contributed by atoms with van der Waals surface area (Å²) < 4.78 is 31.4. The molecule has 16 heavy (non-hydrogen) atoms. The minimum atomic E-state index is -1.02. The molecular formula is C11H14F2O3. The average molecular weight is 232 g/mol. The number of methoxy groups -OCH3 is 1. The minimum absolute atomic E-state index is 0.159. The fourth-order valence-corrected chi connectivity index (χ4v) is 1.51. The zero-order chi connectivity index (χ0) is 12.5. The Morgan fingerprint density at radius 2 is 1.88 bits per heavy atom. The number of hydrogen-bond donors (Lipinski definition) is 2. The lowest BCUT2D eigenvalue weighted by Crippen LogP contribution is -2.24. The van der Waals surface area contributed by atoms with E-state index in [4.69, 9.17) is 5.11 Å². The van der Waals surface area contributed by atoms with Crippen LogP contribution in [0.15, 0.2) is 6.07 Å². The van der Waals surface area contributed by atoms with Crippen molar-refractivity contribution in [2.24, 2.45) is 0 Å². The summed E-state index contributed by atoms with van der Waals surface area (Å²) >= 11 is 0. The predicted molar refractivity (Wildman–Crippen MR) is 54.7 cm³/mol. The minimum Gasteiger partial charge on any atom is -0.504 e. The van der Waals surface area contributed by atoms with E-state index in [0.717, 1.165) is 0 Å². The molecule has 0 spiro atoms. The summed E-state index contributed by atoms with van der Waals surface area (Å²) in [6.07, 6.45) is 0. The van der Waals surface area contributed by atoms with Gasteiger partial charge < -0.3 is 14.9 Å². The van der Waals surface area contributed by atoms with Gasteiger partial charge in [-0.1, -0.05) is 13.8 Å². The van der Waals surface area contributed by atoms with Crippen LogP contribution in [0.4, 0.5) is 8.78 Å². The van der Waals surface area contributed by atoms with Gasteiger partial charge in [-0.2, -0.15) is 0 Å². The van der Waals surface area contributed by atoms with Gasteiger partial charge in [0, 0.05) is 17.0 Å². The first-order valence-electron chi connectivity index (χ1n) is 4.71. The molecule has 0 fully saturated rings. The summed E-state index contributed by atoms with van der Waals surface area (Å²) in [5, 5.41) is 18.8. The smallest absolute Gasteiger partial charge is 0.197 e. The molecule has 0 amide bonds. The van der Waals surface area contributed by atoms with Gasteiger partial charge in [-0.25, -0.2) is 8.78 Å². The molecule has 0 aliphatic rings. The van der Waals surface area contributed by atoms with E-state index in [1.165, 1.54) is 21.0 Å². The van der Waals surface area contributed by atoms with Crippen molar-refractivity contribution < 1.29 is 23.7 Å². The summed E-state index contributed by atoms with van der Waals surface area (Å²) in [5.74, 6) is -2.91. The summed E-state index contributed by atoms with van der Waals surface area (Å²) in [5.41, 5.74) is -1.18. The number of rotatable bonds is 3. The maximum Gasteiger partial charge on any atom is 0.197 e. The van der Waals surface area contributed by atoms with Gasteiger partial charge in [0.05, 0.1) is 13.7 Å². The van der Waals surface area contributed by atoms with Crippen molar-refractivity contribution in [1.82, 2.24) is 0 Å². The lowest BCUT2D eigenvalue weighted by molar-refractivity contribution is 0.209. The van der Waals surface area contributed by atoms with Crippen molar-refractivity contribution >= 4 is 0 Å². The zero-order valence-electron chi connectivity index (χ0n) is 9.34. The third-order valence-corrected chi connectivity index (χ3v) is 2.44.